The minimum absolute atomic E-state index is 0.230. The summed E-state index contributed by atoms with van der Waals surface area (Å²) in [4.78, 5) is 15.5. The summed E-state index contributed by atoms with van der Waals surface area (Å²) in [5, 5.41) is 6.34. The van der Waals surface area contributed by atoms with Crippen LogP contribution in [0.25, 0.3) is 11.4 Å². The Morgan fingerprint density at radius 2 is 1.72 bits per heavy atom. The van der Waals surface area contributed by atoms with Crippen LogP contribution in [0.4, 0.5) is 20.5 Å². The van der Waals surface area contributed by atoms with Crippen LogP contribution in [-0.2, 0) is 6.54 Å². The highest BCUT2D eigenvalue weighted by Gasteiger charge is 2.08. The highest BCUT2D eigenvalue weighted by atomic mass is 19.1. The molecule has 0 amide bonds. The van der Waals surface area contributed by atoms with E-state index in [0.29, 0.717) is 28.7 Å². The number of anilines is 2. The molecule has 2 N–H and O–H groups in total. The van der Waals surface area contributed by atoms with Crippen LogP contribution in [0.5, 0.6) is 0 Å². The standard InChI is InChI=1S/C21H24F2N6/c1-29(2)9-5-8-25-21-27-19(18-6-3-4-7-24-18)13-20(28-21)26-14-15-10-16(22)12-17(23)11-15/h3-4,6-7,10-13H,5,8-9,14H2,1-2H3,(H2,25,26,27,28). The minimum Gasteiger partial charge on any atom is -0.366 e. The molecule has 0 aliphatic carbocycles. The molecule has 0 unspecified atom stereocenters. The van der Waals surface area contributed by atoms with Crippen LogP contribution in [0.15, 0.2) is 48.7 Å². The van der Waals surface area contributed by atoms with Gasteiger partial charge in [-0.15, -0.1) is 0 Å². The summed E-state index contributed by atoms with van der Waals surface area (Å²) in [6, 6.07) is 10.8. The lowest BCUT2D eigenvalue weighted by atomic mass is 10.2. The number of halogens is 2. The van der Waals surface area contributed by atoms with Gasteiger partial charge in [0, 0.05) is 31.4 Å². The lowest BCUT2D eigenvalue weighted by Crippen LogP contribution is -2.17. The van der Waals surface area contributed by atoms with Gasteiger partial charge in [-0.1, -0.05) is 6.07 Å². The van der Waals surface area contributed by atoms with Crippen LogP contribution in [0.1, 0.15) is 12.0 Å². The van der Waals surface area contributed by atoms with Crippen LogP contribution >= 0.6 is 0 Å². The van der Waals surface area contributed by atoms with Crippen molar-refractivity contribution >= 4 is 11.8 Å². The summed E-state index contributed by atoms with van der Waals surface area (Å²) < 4.78 is 26.8. The molecule has 1 aromatic carbocycles. The number of nitrogens with zero attached hydrogens (tertiary/aromatic N) is 4. The minimum atomic E-state index is -0.609. The van der Waals surface area contributed by atoms with Crippen molar-refractivity contribution in [3.05, 3.63) is 65.9 Å². The molecule has 0 radical (unpaired) electrons. The Morgan fingerprint density at radius 1 is 0.931 bits per heavy atom. The van der Waals surface area contributed by atoms with Crippen molar-refractivity contribution in [3.63, 3.8) is 0 Å². The van der Waals surface area contributed by atoms with Gasteiger partial charge in [-0.3, -0.25) is 4.98 Å². The van der Waals surface area contributed by atoms with Gasteiger partial charge in [0.1, 0.15) is 17.5 Å². The fourth-order valence-corrected chi connectivity index (χ4v) is 2.76. The highest BCUT2D eigenvalue weighted by Crippen LogP contribution is 2.20. The van der Waals surface area contributed by atoms with Gasteiger partial charge in [0.2, 0.25) is 5.95 Å². The van der Waals surface area contributed by atoms with Gasteiger partial charge < -0.3 is 15.5 Å². The molecule has 0 saturated heterocycles. The Kier molecular flexibility index (Phi) is 7.02. The van der Waals surface area contributed by atoms with Crippen molar-refractivity contribution in [1.29, 1.82) is 0 Å². The van der Waals surface area contributed by atoms with Crippen molar-refractivity contribution in [2.75, 3.05) is 37.8 Å². The lowest BCUT2D eigenvalue weighted by Gasteiger charge is -2.13. The first kappa shape index (κ1) is 20.6. The van der Waals surface area contributed by atoms with E-state index >= 15 is 0 Å². The number of rotatable bonds is 9. The number of aromatic nitrogens is 3. The molecule has 0 saturated carbocycles. The van der Waals surface area contributed by atoms with Crippen molar-refractivity contribution in [2.45, 2.75) is 13.0 Å². The summed E-state index contributed by atoms with van der Waals surface area (Å²) in [7, 11) is 4.05. The second-order valence-corrected chi connectivity index (χ2v) is 6.89. The highest BCUT2D eigenvalue weighted by molar-refractivity contribution is 5.61. The first-order valence-corrected chi connectivity index (χ1v) is 9.37. The van der Waals surface area contributed by atoms with Gasteiger partial charge in [-0.05, 0) is 56.9 Å². The monoisotopic (exact) mass is 398 g/mol. The van der Waals surface area contributed by atoms with Gasteiger partial charge in [0.05, 0.1) is 11.4 Å². The van der Waals surface area contributed by atoms with Crippen molar-refractivity contribution in [1.82, 2.24) is 19.9 Å². The third-order valence-electron chi connectivity index (χ3n) is 4.11. The van der Waals surface area contributed by atoms with Crippen LogP contribution in [0.3, 0.4) is 0 Å². The SMILES string of the molecule is CN(C)CCCNc1nc(NCc2cc(F)cc(F)c2)cc(-c2ccccn2)n1. The first-order chi connectivity index (χ1) is 14.0. The average molecular weight is 398 g/mol. The molecule has 0 aliphatic heterocycles. The van der Waals surface area contributed by atoms with E-state index < -0.39 is 11.6 Å². The van der Waals surface area contributed by atoms with Crippen molar-refractivity contribution < 1.29 is 8.78 Å². The van der Waals surface area contributed by atoms with Crippen LogP contribution in [0, 0.1) is 11.6 Å². The van der Waals surface area contributed by atoms with E-state index in [1.165, 1.54) is 12.1 Å². The quantitative estimate of drug-likeness (QED) is 0.535. The summed E-state index contributed by atoms with van der Waals surface area (Å²) >= 11 is 0. The van der Waals surface area contributed by atoms with Crippen molar-refractivity contribution in [3.8, 4) is 11.4 Å². The third-order valence-corrected chi connectivity index (χ3v) is 4.11. The maximum atomic E-state index is 13.4. The van der Waals surface area contributed by atoms with Gasteiger partial charge in [0.25, 0.3) is 0 Å². The maximum Gasteiger partial charge on any atom is 0.225 e. The van der Waals surface area contributed by atoms with Gasteiger partial charge in [-0.2, -0.15) is 4.98 Å². The van der Waals surface area contributed by atoms with E-state index in [4.69, 9.17) is 0 Å². The molecular formula is C21H24F2N6. The van der Waals surface area contributed by atoms with Crippen LogP contribution < -0.4 is 10.6 Å². The molecule has 0 atom stereocenters. The van der Waals surface area contributed by atoms with E-state index in [9.17, 15) is 8.78 Å². The van der Waals surface area contributed by atoms with E-state index in [1.54, 1.807) is 12.3 Å². The maximum absolute atomic E-state index is 13.4. The molecule has 8 heteroatoms. The molecule has 0 bridgehead atoms. The van der Waals surface area contributed by atoms with Gasteiger partial charge in [-0.25, -0.2) is 13.8 Å². The Morgan fingerprint density at radius 3 is 2.41 bits per heavy atom. The predicted molar refractivity (Wildman–Crippen MR) is 111 cm³/mol. The molecule has 2 heterocycles. The van der Waals surface area contributed by atoms with Crippen molar-refractivity contribution in [2.24, 2.45) is 0 Å². The smallest absolute Gasteiger partial charge is 0.225 e. The molecule has 152 valence electrons. The fraction of sp³-hybridized carbons (Fsp3) is 0.286. The zero-order valence-electron chi connectivity index (χ0n) is 16.5. The van der Waals surface area contributed by atoms with E-state index in [0.717, 1.165) is 25.6 Å². The second kappa shape index (κ2) is 9.88. The molecule has 3 aromatic rings. The predicted octanol–water partition coefficient (Wildman–Crippen LogP) is 3.79. The Hall–Kier alpha value is -3.13. The summed E-state index contributed by atoms with van der Waals surface area (Å²) in [6.45, 7) is 1.90. The van der Waals surface area contributed by atoms with Crippen LogP contribution in [-0.4, -0.2) is 47.0 Å². The molecule has 0 aliphatic rings. The third kappa shape index (κ3) is 6.46. The molecule has 0 fully saturated rings. The first-order valence-electron chi connectivity index (χ1n) is 9.37. The molecule has 2 aromatic heterocycles. The van der Waals surface area contributed by atoms with E-state index in [1.807, 2.05) is 32.3 Å². The Labute approximate surface area is 169 Å². The molecule has 29 heavy (non-hydrogen) atoms. The Bertz CT molecular complexity index is 913. The van der Waals surface area contributed by atoms with E-state index in [2.05, 4.69) is 30.5 Å². The molecule has 3 rings (SSSR count). The van der Waals surface area contributed by atoms with Gasteiger partial charge >= 0.3 is 0 Å². The summed E-state index contributed by atoms with van der Waals surface area (Å²) in [5.41, 5.74) is 1.86. The second-order valence-electron chi connectivity index (χ2n) is 6.89. The topological polar surface area (TPSA) is 66.0 Å². The lowest BCUT2D eigenvalue weighted by molar-refractivity contribution is 0.405. The summed E-state index contributed by atoms with van der Waals surface area (Å²) in [5.74, 6) is -0.205. The van der Waals surface area contributed by atoms with E-state index in [-0.39, 0.29) is 6.54 Å². The number of pyridine rings is 1. The summed E-state index contributed by atoms with van der Waals surface area (Å²) in [6.07, 6.45) is 2.64. The largest absolute Gasteiger partial charge is 0.366 e. The zero-order chi connectivity index (χ0) is 20.6. The molecule has 6 nitrogen and oxygen atoms in total. The Balaban J connectivity index is 1.78. The fourth-order valence-electron chi connectivity index (χ4n) is 2.76. The molecular weight excluding hydrogens is 374 g/mol. The number of nitrogens with one attached hydrogen (secondary N) is 2. The number of hydrogen-bond acceptors (Lipinski definition) is 6. The molecule has 0 spiro atoms. The van der Waals surface area contributed by atoms with Crippen LogP contribution in [0.2, 0.25) is 0 Å². The average Bonchev–Trinajstić information content (AvgIpc) is 2.69. The zero-order valence-corrected chi connectivity index (χ0v) is 16.5. The normalized spacial score (nSPS) is 10.9. The number of benzene rings is 1. The number of hydrogen-bond donors (Lipinski definition) is 2. The van der Waals surface area contributed by atoms with Gasteiger partial charge in [0.15, 0.2) is 0 Å².